The molecule has 3 aromatic heterocycles. The fraction of sp³-hybridized carbons (Fsp3) is 0.250. The van der Waals surface area contributed by atoms with E-state index in [1.807, 2.05) is 18.2 Å². The average Bonchev–Trinajstić information content (AvgIpc) is 3.56. The van der Waals surface area contributed by atoms with Crippen molar-refractivity contribution in [1.29, 1.82) is 0 Å². The van der Waals surface area contributed by atoms with Gasteiger partial charge in [0.1, 0.15) is 11.0 Å². The van der Waals surface area contributed by atoms with Crippen LogP contribution in [0.25, 0.3) is 38.9 Å². The summed E-state index contributed by atoms with van der Waals surface area (Å²) >= 11 is 0. The Hall–Kier alpha value is -4.18. The van der Waals surface area contributed by atoms with Crippen LogP contribution in [-0.4, -0.2) is 70.3 Å². The van der Waals surface area contributed by atoms with E-state index in [0.717, 1.165) is 59.2 Å². The Morgan fingerprint density at radius 2 is 1.71 bits per heavy atom. The zero-order chi connectivity index (χ0) is 23.1. The molecular weight excluding hydrogens is 432 g/mol. The van der Waals surface area contributed by atoms with E-state index < -0.39 is 0 Å². The molecule has 10 nitrogen and oxygen atoms in total. The summed E-state index contributed by atoms with van der Waals surface area (Å²) in [7, 11) is 3.28. The monoisotopic (exact) mass is 456 g/mol. The lowest BCUT2D eigenvalue weighted by atomic mass is 10.0. The number of benzene rings is 2. The number of nitrogens with zero attached hydrogens (tertiary/aromatic N) is 6. The second kappa shape index (κ2) is 8.31. The number of rotatable bonds is 5. The van der Waals surface area contributed by atoms with Crippen molar-refractivity contribution >= 4 is 27.9 Å². The summed E-state index contributed by atoms with van der Waals surface area (Å²) in [5.41, 5.74) is 4.74. The topological polar surface area (TPSA) is 106 Å². The maximum Gasteiger partial charge on any atom is 0.228 e. The maximum atomic E-state index is 5.49. The van der Waals surface area contributed by atoms with E-state index in [9.17, 15) is 0 Å². The fourth-order valence-corrected chi connectivity index (χ4v) is 4.42. The van der Waals surface area contributed by atoms with Crippen LogP contribution >= 0.6 is 0 Å². The molecule has 0 atom stereocenters. The maximum absolute atomic E-state index is 5.49. The zero-order valence-corrected chi connectivity index (χ0v) is 18.9. The number of H-pyrrole nitrogens is 1. The van der Waals surface area contributed by atoms with Gasteiger partial charge in [-0.2, -0.15) is 4.98 Å². The van der Waals surface area contributed by atoms with Gasteiger partial charge in [0.15, 0.2) is 17.3 Å². The number of nitrogens with one attached hydrogen (secondary N) is 2. The molecule has 1 saturated heterocycles. The van der Waals surface area contributed by atoms with Crippen molar-refractivity contribution in [3.63, 3.8) is 0 Å². The molecule has 0 radical (unpaired) electrons. The first kappa shape index (κ1) is 20.4. The number of ether oxygens (including phenoxy) is 2. The Kier molecular flexibility index (Phi) is 4.99. The van der Waals surface area contributed by atoms with Gasteiger partial charge in [-0.25, -0.2) is 9.67 Å². The summed E-state index contributed by atoms with van der Waals surface area (Å²) < 4.78 is 12.5. The second-order valence-electron chi connectivity index (χ2n) is 8.11. The number of aromatic amines is 1. The molecule has 0 unspecified atom stereocenters. The molecule has 0 saturated carbocycles. The van der Waals surface area contributed by atoms with Gasteiger partial charge < -0.3 is 24.7 Å². The highest BCUT2D eigenvalue weighted by molar-refractivity contribution is 6.08. The second-order valence-corrected chi connectivity index (χ2v) is 8.11. The number of methoxy groups -OCH3 is 2. The van der Waals surface area contributed by atoms with E-state index in [4.69, 9.17) is 19.4 Å². The van der Waals surface area contributed by atoms with Crippen LogP contribution in [0.4, 0.5) is 5.95 Å². The largest absolute Gasteiger partial charge is 0.493 e. The van der Waals surface area contributed by atoms with Gasteiger partial charge in [-0.15, -0.1) is 5.10 Å². The minimum absolute atomic E-state index is 0.680. The molecule has 10 heteroatoms. The van der Waals surface area contributed by atoms with Gasteiger partial charge in [-0.3, -0.25) is 0 Å². The molecule has 4 heterocycles. The fourth-order valence-electron chi connectivity index (χ4n) is 4.42. The molecule has 1 aliphatic rings. The third kappa shape index (κ3) is 3.39. The molecule has 34 heavy (non-hydrogen) atoms. The SMILES string of the molecule is COc1ccc(-c2ccc3c(c2)[nH]c2c(-n4ccnn4)nc(N4CCNCC4)nc23)cc1OC. The Balaban J connectivity index is 1.52. The molecule has 0 spiro atoms. The third-order valence-electron chi connectivity index (χ3n) is 6.17. The van der Waals surface area contributed by atoms with Crippen molar-refractivity contribution in [3.05, 3.63) is 48.8 Å². The zero-order valence-electron chi connectivity index (χ0n) is 18.9. The molecule has 2 N–H and O–H groups in total. The normalized spacial score (nSPS) is 14.1. The summed E-state index contributed by atoms with van der Waals surface area (Å²) in [6.45, 7) is 3.52. The molecule has 172 valence electrons. The van der Waals surface area contributed by atoms with Gasteiger partial charge >= 0.3 is 0 Å². The number of piperazine rings is 1. The Labute approximate surface area is 195 Å². The Morgan fingerprint density at radius 3 is 2.47 bits per heavy atom. The first-order valence-electron chi connectivity index (χ1n) is 11.1. The van der Waals surface area contributed by atoms with Crippen LogP contribution < -0.4 is 19.7 Å². The van der Waals surface area contributed by atoms with Crippen LogP contribution in [0, 0.1) is 0 Å². The van der Waals surface area contributed by atoms with Crippen molar-refractivity contribution in [2.75, 3.05) is 45.3 Å². The first-order chi connectivity index (χ1) is 16.7. The molecule has 5 aromatic rings. The van der Waals surface area contributed by atoms with Gasteiger partial charge in [0.05, 0.1) is 26.6 Å². The van der Waals surface area contributed by atoms with Gasteiger partial charge in [-0.1, -0.05) is 23.4 Å². The number of anilines is 1. The highest BCUT2D eigenvalue weighted by atomic mass is 16.5. The Morgan fingerprint density at radius 1 is 0.912 bits per heavy atom. The third-order valence-corrected chi connectivity index (χ3v) is 6.17. The van der Waals surface area contributed by atoms with Crippen LogP contribution in [0.5, 0.6) is 11.5 Å². The summed E-state index contributed by atoms with van der Waals surface area (Å²) in [6.07, 6.45) is 3.44. The molecular formula is C24H24N8O2. The van der Waals surface area contributed by atoms with Crippen molar-refractivity contribution in [1.82, 2.24) is 35.3 Å². The average molecular weight is 457 g/mol. The van der Waals surface area contributed by atoms with Gasteiger partial charge in [-0.05, 0) is 29.3 Å². The molecule has 2 aromatic carbocycles. The molecule has 1 fully saturated rings. The Bertz CT molecular complexity index is 1470. The van der Waals surface area contributed by atoms with Crippen LogP contribution in [0.1, 0.15) is 0 Å². The summed E-state index contributed by atoms with van der Waals surface area (Å²) in [5, 5.41) is 12.6. The van der Waals surface area contributed by atoms with E-state index in [1.54, 1.807) is 31.3 Å². The summed E-state index contributed by atoms with van der Waals surface area (Å²) in [4.78, 5) is 15.6. The van der Waals surface area contributed by atoms with Gasteiger partial charge in [0.25, 0.3) is 0 Å². The molecule has 0 aliphatic carbocycles. The van der Waals surface area contributed by atoms with Crippen molar-refractivity contribution in [2.24, 2.45) is 0 Å². The number of hydrogen-bond donors (Lipinski definition) is 2. The standard InChI is InChI=1S/C24H24N8O2/c1-33-19-6-4-16(14-20(19)34-2)15-3-5-17-18(13-15)27-22-21(17)28-24(31-10-7-25-8-11-31)29-23(22)32-12-9-26-30-32/h3-6,9,12-14,25,27H,7-8,10-11H2,1-2H3. The van der Waals surface area contributed by atoms with Crippen molar-refractivity contribution in [3.8, 4) is 28.4 Å². The van der Waals surface area contributed by atoms with Crippen LogP contribution in [0.15, 0.2) is 48.8 Å². The lowest BCUT2D eigenvalue weighted by Gasteiger charge is -2.27. The van der Waals surface area contributed by atoms with E-state index >= 15 is 0 Å². The van der Waals surface area contributed by atoms with Crippen LogP contribution in [0.3, 0.4) is 0 Å². The van der Waals surface area contributed by atoms with E-state index in [1.165, 1.54) is 0 Å². The number of hydrogen-bond acceptors (Lipinski definition) is 8. The molecule has 0 bridgehead atoms. The van der Waals surface area contributed by atoms with Gasteiger partial charge in [0, 0.05) is 37.1 Å². The number of aromatic nitrogens is 6. The quantitative estimate of drug-likeness (QED) is 0.416. The van der Waals surface area contributed by atoms with E-state index in [2.05, 4.69) is 43.7 Å². The number of fused-ring (bicyclic) bond motifs is 3. The predicted octanol–water partition coefficient (Wildman–Crippen LogP) is 2.79. The lowest BCUT2D eigenvalue weighted by molar-refractivity contribution is 0.355. The summed E-state index contributed by atoms with van der Waals surface area (Å²) in [5.74, 6) is 2.77. The minimum Gasteiger partial charge on any atom is -0.493 e. The van der Waals surface area contributed by atoms with E-state index in [-0.39, 0.29) is 0 Å². The van der Waals surface area contributed by atoms with Crippen molar-refractivity contribution in [2.45, 2.75) is 0 Å². The van der Waals surface area contributed by atoms with E-state index in [0.29, 0.717) is 23.3 Å². The molecule has 1 aliphatic heterocycles. The molecule has 6 rings (SSSR count). The van der Waals surface area contributed by atoms with Crippen LogP contribution in [0.2, 0.25) is 0 Å². The highest BCUT2D eigenvalue weighted by Crippen LogP contribution is 2.35. The summed E-state index contributed by atoms with van der Waals surface area (Å²) in [6, 6.07) is 12.2. The predicted molar refractivity (Wildman–Crippen MR) is 130 cm³/mol. The highest BCUT2D eigenvalue weighted by Gasteiger charge is 2.20. The van der Waals surface area contributed by atoms with Gasteiger partial charge in [0.2, 0.25) is 5.95 Å². The van der Waals surface area contributed by atoms with Crippen LogP contribution in [-0.2, 0) is 0 Å². The minimum atomic E-state index is 0.680. The first-order valence-corrected chi connectivity index (χ1v) is 11.1. The molecule has 0 amide bonds. The van der Waals surface area contributed by atoms with Crippen molar-refractivity contribution < 1.29 is 9.47 Å². The smallest absolute Gasteiger partial charge is 0.228 e. The lowest BCUT2D eigenvalue weighted by Crippen LogP contribution is -2.44.